The summed E-state index contributed by atoms with van der Waals surface area (Å²) in [6.45, 7) is 4.00. The molecule has 2 N–H and O–H groups in total. The fraction of sp³-hybridized carbons (Fsp3) is 0.286. The van der Waals surface area contributed by atoms with E-state index in [9.17, 15) is 10.1 Å². The van der Waals surface area contributed by atoms with Gasteiger partial charge in [-0.3, -0.25) is 15.1 Å². The van der Waals surface area contributed by atoms with Crippen LogP contribution in [0.4, 0.5) is 11.4 Å². The van der Waals surface area contributed by atoms with E-state index in [-0.39, 0.29) is 11.4 Å². The maximum absolute atomic E-state index is 10.1. The Kier molecular flexibility index (Phi) is 4.36. The third kappa shape index (κ3) is 2.53. The number of nitrogens with two attached hydrogens (primary N) is 1. The highest BCUT2D eigenvalue weighted by Gasteiger charge is 2.08. The maximum Gasteiger partial charge on any atom is 0.310 e. The third-order valence-corrected chi connectivity index (χ3v) is 1.03. The summed E-state index contributed by atoms with van der Waals surface area (Å²) in [6, 6.07) is 1.39. The summed E-state index contributed by atoms with van der Waals surface area (Å²) in [7, 11) is 0. The van der Waals surface area contributed by atoms with Crippen molar-refractivity contribution in [2.45, 2.75) is 13.8 Å². The van der Waals surface area contributed by atoms with Crippen molar-refractivity contribution >= 4 is 11.4 Å². The first kappa shape index (κ1) is 10.3. The quantitative estimate of drug-likeness (QED) is 0.511. The van der Waals surface area contributed by atoms with Gasteiger partial charge >= 0.3 is 5.69 Å². The Morgan fingerprint density at radius 2 is 2.17 bits per heavy atom. The normalized spacial score (nSPS) is 8.17. The molecule has 0 saturated carbocycles. The van der Waals surface area contributed by atoms with Gasteiger partial charge in [0.1, 0.15) is 11.9 Å². The molecular weight excluding hydrogens is 158 g/mol. The van der Waals surface area contributed by atoms with Gasteiger partial charge < -0.3 is 5.73 Å². The molecule has 12 heavy (non-hydrogen) atoms. The predicted molar refractivity (Wildman–Crippen MR) is 46.7 cm³/mol. The molecule has 0 atom stereocenters. The van der Waals surface area contributed by atoms with Gasteiger partial charge in [0.15, 0.2) is 0 Å². The summed E-state index contributed by atoms with van der Waals surface area (Å²) in [5, 5.41) is 10.1. The summed E-state index contributed by atoms with van der Waals surface area (Å²) >= 11 is 0. The van der Waals surface area contributed by atoms with E-state index < -0.39 is 4.92 Å². The molecule has 0 fully saturated rings. The highest BCUT2D eigenvalue weighted by molar-refractivity contribution is 5.55. The van der Waals surface area contributed by atoms with Crippen LogP contribution in [0.2, 0.25) is 0 Å². The molecule has 0 unspecified atom stereocenters. The molecule has 0 aliphatic rings. The van der Waals surface area contributed by atoms with Crippen molar-refractivity contribution in [2.24, 2.45) is 0 Å². The van der Waals surface area contributed by atoms with Crippen LogP contribution < -0.4 is 5.73 Å². The molecule has 0 aromatic carbocycles. The lowest BCUT2D eigenvalue weighted by molar-refractivity contribution is -0.384. The number of nitrogens with zero attached hydrogens (tertiary/aromatic N) is 2. The van der Waals surface area contributed by atoms with Crippen molar-refractivity contribution in [1.82, 2.24) is 4.98 Å². The molecule has 66 valence electrons. The lowest BCUT2D eigenvalue weighted by Crippen LogP contribution is -1.95. The van der Waals surface area contributed by atoms with Gasteiger partial charge in [-0.25, -0.2) is 0 Å². The van der Waals surface area contributed by atoms with E-state index in [1.807, 2.05) is 13.8 Å². The highest BCUT2D eigenvalue weighted by Crippen LogP contribution is 2.16. The topological polar surface area (TPSA) is 82.0 Å². The van der Waals surface area contributed by atoms with Gasteiger partial charge in [-0.1, -0.05) is 13.8 Å². The Morgan fingerprint density at radius 3 is 2.50 bits per heavy atom. The van der Waals surface area contributed by atoms with Gasteiger partial charge in [0, 0.05) is 6.20 Å². The zero-order valence-electron chi connectivity index (χ0n) is 7.02. The van der Waals surface area contributed by atoms with E-state index in [1.54, 1.807) is 0 Å². The van der Waals surface area contributed by atoms with Crippen LogP contribution in [0, 0.1) is 10.1 Å². The van der Waals surface area contributed by atoms with Crippen LogP contribution >= 0.6 is 0 Å². The Labute approximate surface area is 70.4 Å². The fourth-order valence-corrected chi connectivity index (χ4v) is 0.549. The first-order valence-corrected chi connectivity index (χ1v) is 3.55. The Morgan fingerprint density at radius 1 is 1.58 bits per heavy atom. The lowest BCUT2D eigenvalue weighted by Gasteiger charge is -1.92. The van der Waals surface area contributed by atoms with Crippen molar-refractivity contribution in [3.05, 3.63) is 28.6 Å². The van der Waals surface area contributed by atoms with Crippen LogP contribution in [0.3, 0.4) is 0 Å². The molecule has 0 bridgehead atoms. The molecule has 5 nitrogen and oxygen atoms in total. The van der Waals surface area contributed by atoms with Crippen molar-refractivity contribution in [3.63, 3.8) is 0 Å². The molecule has 1 heterocycles. The summed E-state index contributed by atoms with van der Waals surface area (Å²) < 4.78 is 0. The second-order valence-electron chi connectivity index (χ2n) is 1.69. The minimum absolute atomic E-state index is 0.139. The number of rotatable bonds is 1. The SMILES string of the molecule is CC.Nc1ccncc1[N+](=O)[O-]. The van der Waals surface area contributed by atoms with E-state index in [0.29, 0.717) is 0 Å². The molecule has 0 amide bonds. The van der Waals surface area contributed by atoms with Crippen LogP contribution in [-0.4, -0.2) is 9.91 Å². The summed E-state index contributed by atoms with van der Waals surface area (Å²) in [5.74, 6) is 0. The molecule has 0 saturated heterocycles. The zero-order valence-corrected chi connectivity index (χ0v) is 7.02. The average molecular weight is 169 g/mol. The first-order chi connectivity index (χ1) is 5.72. The second-order valence-corrected chi connectivity index (χ2v) is 1.69. The number of aromatic nitrogens is 1. The van der Waals surface area contributed by atoms with Gasteiger partial charge in [0.25, 0.3) is 0 Å². The molecule has 1 aromatic rings. The van der Waals surface area contributed by atoms with Crippen LogP contribution in [0.15, 0.2) is 18.5 Å². The number of nitrogen functional groups attached to an aromatic ring is 1. The van der Waals surface area contributed by atoms with Crippen LogP contribution in [-0.2, 0) is 0 Å². The molecule has 0 aliphatic carbocycles. The standard InChI is InChI=1S/C5H5N3O2.C2H6/c6-4-1-2-7-3-5(4)8(9)10;1-2/h1-3H,(H2,6,7);1-2H3. The largest absolute Gasteiger partial charge is 0.393 e. The van der Waals surface area contributed by atoms with E-state index in [0.717, 1.165) is 6.20 Å². The number of nitro groups is 1. The summed E-state index contributed by atoms with van der Waals surface area (Å²) in [6.07, 6.45) is 2.53. The lowest BCUT2D eigenvalue weighted by atomic mass is 10.4. The first-order valence-electron chi connectivity index (χ1n) is 3.55. The molecule has 1 rings (SSSR count). The van der Waals surface area contributed by atoms with Crippen LogP contribution in [0.5, 0.6) is 0 Å². The van der Waals surface area contributed by atoms with E-state index in [2.05, 4.69) is 4.98 Å². The number of hydrogen-bond donors (Lipinski definition) is 1. The zero-order chi connectivity index (χ0) is 9.56. The molecule has 5 heteroatoms. The van der Waals surface area contributed by atoms with Crippen molar-refractivity contribution in [3.8, 4) is 0 Å². The van der Waals surface area contributed by atoms with Crippen LogP contribution in [0.1, 0.15) is 13.8 Å². The van der Waals surface area contributed by atoms with Crippen molar-refractivity contribution in [1.29, 1.82) is 0 Å². The van der Waals surface area contributed by atoms with E-state index in [1.165, 1.54) is 12.3 Å². The Balaban J connectivity index is 0.000000561. The predicted octanol–water partition coefficient (Wildman–Crippen LogP) is 1.60. The number of hydrogen-bond acceptors (Lipinski definition) is 4. The van der Waals surface area contributed by atoms with E-state index in [4.69, 9.17) is 5.73 Å². The van der Waals surface area contributed by atoms with Gasteiger partial charge in [-0.05, 0) is 6.07 Å². The van der Waals surface area contributed by atoms with Gasteiger partial charge in [0.2, 0.25) is 0 Å². The van der Waals surface area contributed by atoms with Crippen molar-refractivity contribution in [2.75, 3.05) is 5.73 Å². The minimum atomic E-state index is -0.567. The molecule has 1 aromatic heterocycles. The Bertz CT molecular complexity index is 263. The number of pyridine rings is 1. The summed E-state index contributed by atoms with van der Waals surface area (Å²) in [4.78, 5) is 13.1. The smallest absolute Gasteiger partial charge is 0.310 e. The maximum atomic E-state index is 10.1. The molecule has 0 radical (unpaired) electrons. The minimum Gasteiger partial charge on any atom is -0.393 e. The fourth-order valence-electron chi connectivity index (χ4n) is 0.549. The molecule has 0 aliphatic heterocycles. The van der Waals surface area contributed by atoms with Crippen LogP contribution in [0.25, 0.3) is 0 Å². The average Bonchev–Trinajstić information content (AvgIpc) is 2.08. The van der Waals surface area contributed by atoms with Crippen molar-refractivity contribution < 1.29 is 4.92 Å². The summed E-state index contributed by atoms with van der Waals surface area (Å²) in [5.41, 5.74) is 5.23. The second kappa shape index (κ2) is 5.06. The Hall–Kier alpha value is -1.65. The van der Waals surface area contributed by atoms with Gasteiger partial charge in [-0.15, -0.1) is 0 Å². The monoisotopic (exact) mass is 169 g/mol. The molecular formula is C7H11N3O2. The van der Waals surface area contributed by atoms with Gasteiger partial charge in [0.05, 0.1) is 4.92 Å². The highest BCUT2D eigenvalue weighted by atomic mass is 16.6. The van der Waals surface area contributed by atoms with E-state index >= 15 is 0 Å². The molecule has 0 spiro atoms. The van der Waals surface area contributed by atoms with Gasteiger partial charge in [-0.2, -0.15) is 0 Å². The number of anilines is 1. The third-order valence-electron chi connectivity index (χ3n) is 1.03.